The number of hydrogen-bond donors (Lipinski definition) is 2. The number of nitrogens with zero attached hydrogens (tertiary/aromatic N) is 1. The third kappa shape index (κ3) is 1.84. The maximum absolute atomic E-state index is 13.1. The van der Waals surface area contributed by atoms with Crippen LogP contribution in [0.25, 0.3) is 0 Å². The van der Waals surface area contributed by atoms with Crippen LogP contribution in [0.15, 0.2) is 12.1 Å². The van der Waals surface area contributed by atoms with E-state index in [0.29, 0.717) is 0 Å². The van der Waals surface area contributed by atoms with Crippen LogP contribution >= 0.6 is 0 Å². The summed E-state index contributed by atoms with van der Waals surface area (Å²) in [6.07, 6.45) is 0. The number of halogens is 1. The van der Waals surface area contributed by atoms with Gasteiger partial charge in [-0.15, -0.1) is 0 Å². The number of benzene rings is 1. The van der Waals surface area contributed by atoms with Crippen molar-refractivity contribution in [2.24, 2.45) is 0 Å². The third-order valence-corrected chi connectivity index (χ3v) is 1.72. The molecule has 0 heterocycles. The van der Waals surface area contributed by atoms with Gasteiger partial charge in [0, 0.05) is 11.5 Å². The fourth-order valence-corrected chi connectivity index (χ4v) is 1.03. The van der Waals surface area contributed by atoms with Gasteiger partial charge < -0.3 is 14.8 Å². The SMILES string of the molecule is COc1cc(F)c(B(O)O)cc1C#N. The minimum Gasteiger partial charge on any atom is -0.495 e. The van der Waals surface area contributed by atoms with Crippen LogP contribution in [0.5, 0.6) is 5.75 Å². The number of methoxy groups -OCH3 is 1. The van der Waals surface area contributed by atoms with Crippen LogP contribution in [0, 0.1) is 17.1 Å². The molecule has 0 atom stereocenters. The van der Waals surface area contributed by atoms with E-state index in [0.717, 1.165) is 12.1 Å². The molecule has 6 heteroatoms. The van der Waals surface area contributed by atoms with Crippen molar-refractivity contribution in [3.8, 4) is 11.8 Å². The van der Waals surface area contributed by atoms with Gasteiger partial charge in [0.25, 0.3) is 0 Å². The van der Waals surface area contributed by atoms with Crippen LogP contribution in [-0.4, -0.2) is 24.3 Å². The van der Waals surface area contributed by atoms with Crippen LogP contribution in [0.1, 0.15) is 5.56 Å². The largest absolute Gasteiger partial charge is 0.495 e. The van der Waals surface area contributed by atoms with Gasteiger partial charge in [-0.05, 0) is 6.07 Å². The Morgan fingerprint density at radius 3 is 2.57 bits per heavy atom. The first-order valence-electron chi connectivity index (χ1n) is 3.73. The molecule has 72 valence electrons. The fraction of sp³-hybridized carbons (Fsp3) is 0.125. The van der Waals surface area contributed by atoms with Crippen molar-refractivity contribution in [3.63, 3.8) is 0 Å². The van der Waals surface area contributed by atoms with E-state index >= 15 is 0 Å². The topological polar surface area (TPSA) is 73.5 Å². The van der Waals surface area contributed by atoms with E-state index in [2.05, 4.69) is 0 Å². The van der Waals surface area contributed by atoms with E-state index in [9.17, 15) is 4.39 Å². The molecular weight excluding hydrogens is 188 g/mol. The molecule has 0 unspecified atom stereocenters. The summed E-state index contributed by atoms with van der Waals surface area (Å²) in [5.74, 6) is -0.759. The quantitative estimate of drug-likeness (QED) is 0.617. The first kappa shape index (κ1) is 10.5. The van der Waals surface area contributed by atoms with E-state index in [4.69, 9.17) is 20.0 Å². The van der Waals surface area contributed by atoms with Gasteiger partial charge in [-0.1, -0.05) is 0 Å². The second-order valence-corrected chi connectivity index (χ2v) is 2.56. The highest BCUT2D eigenvalue weighted by molar-refractivity contribution is 6.58. The highest BCUT2D eigenvalue weighted by atomic mass is 19.1. The Balaban J connectivity index is 3.32. The summed E-state index contributed by atoms with van der Waals surface area (Å²) in [6, 6.07) is 3.73. The lowest BCUT2D eigenvalue weighted by molar-refractivity contribution is 0.408. The Morgan fingerprint density at radius 1 is 1.50 bits per heavy atom. The Bertz CT molecular complexity index is 389. The van der Waals surface area contributed by atoms with Crippen molar-refractivity contribution in [3.05, 3.63) is 23.5 Å². The average molecular weight is 195 g/mol. The van der Waals surface area contributed by atoms with Gasteiger partial charge in [-0.3, -0.25) is 0 Å². The predicted octanol–water partition coefficient (Wildman–Crippen LogP) is -0.614. The molecule has 1 aromatic carbocycles. The standard InChI is InChI=1S/C8H7BFNO3/c1-14-8-3-7(10)6(9(12)13)2-5(8)4-11/h2-3,12-13H,1H3. The lowest BCUT2D eigenvalue weighted by Gasteiger charge is -2.06. The van der Waals surface area contributed by atoms with E-state index in [1.807, 2.05) is 0 Å². The lowest BCUT2D eigenvalue weighted by atomic mass is 9.79. The van der Waals surface area contributed by atoms with E-state index in [-0.39, 0.29) is 16.8 Å². The molecule has 0 bridgehead atoms. The molecule has 0 aliphatic rings. The molecule has 0 saturated carbocycles. The predicted molar refractivity (Wildman–Crippen MR) is 47.5 cm³/mol. The number of rotatable bonds is 2. The van der Waals surface area contributed by atoms with E-state index < -0.39 is 12.9 Å². The summed E-state index contributed by atoms with van der Waals surface area (Å²) >= 11 is 0. The second-order valence-electron chi connectivity index (χ2n) is 2.56. The van der Waals surface area contributed by atoms with Crippen molar-refractivity contribution in [2.75, 3.05) is 7.11 Å². The number of ether oxygens (including phenoxy) is 1. The Hall–Kier alpha value is -1.58. The zero-order valence-corrected chi connectivity index (χ0v) is 7.36. The number of nitriles is 1. The van der Waals surface area contributed by atoms with Gasteiger partial charge in [0.15, 0.2) is 0 Å². The summed E-state index contributed by atoms with van der Waals surface area (Å²) in [7, 11) is -0.641. The third-order valence-electron chi connectivity index (χ3n) is 1.72. The first-order valence-corrected chi connectivity index (χ1v) is 3.73. The van der Waals surface area contributed by atoms with Crippen LogP contribution in [0.2, 0.25) is 0 Å². The summed E-state index contributed by atoms with van der Waals surface area (Å²) < 4.78 is 17.8. The Morgan fingerprint density at radius 2 is 2.14 bits per heavy atom. The molecule has 0 amide bonds. The summed E-state index contributed by atoms with van der Waals surface area (Å²) in [5, 5.41) is 26.1. The molecule has 0 aliphatic carbocycles. The van der Waals surface area contributed by atoms with Gasteiger partial charge in [-0.2, -0.15) is 5.26 Å². The summed E-state index contributed by atoms with van der Waals surface area (Å²) in [4.78, 5) is 0. The number of hydrogen-bond acceptors (Lipinski definition) is 4. The van der Waals surface area contributed by atoms with Crippen LogP contribution < -0.4 is 10.2 Å². The molecule has 0 aromatic heterocycles. The van der Waals surface area contributed by atoms with Crippen molar-refractivity contribution in [1.29, 1.82) is 5.26 Å². The molecular formula is C8H7BFNO3. The molecule has 0 spiro atoms. The van der Waals surface area contributed by atoms with Gasteiger partial charge in [0.1, 0.15) is 17.6 Å². The molecule has 0 aliphatic heterocycles. The van der Waals surface area contributed by atoms with Gasteiger partial charge in [0.05, 0.1) is 12.7 Å². The molecule has 0 radical (unpaired) electrons. The lowest BCUT2D eigenvalue weighted by Crippen LogP contribution is -2.33. The molecule has 1 rings (SSSR count). The molecule has 14 heavy (non-hydrogen) atoms. The second kappa shape index (κ2) is 4.09. The Labute approximate surface area is 80.3 Å². The summed E-state index contributed by atoms with van der Waals surface area (Å²) in [5.41, 5.74) is -0.292. The molecule has 1 aromatic rings. The maximum atomic E-state index is 13.1. The average Bonchev–Trinajstić information content (AvgIpc) is 2.16. The smallest absolute Gasteiger partial charge is 0.491 e. The molecule has 2 N–H and O–H groups in total. The summed E-state index contributed by atoms with van der Waals surface area (Å²) in [6.45, 7) is 0. The maximum Gasteiger partial charge on any atom is 0.491 e. The van der Waals surface area contributed by atoms with Gasteiger partial charge in [-0.25, -0.2) is 4.39 Å². The van der Waals surface area contributed by atoms with Crippen LogP contribution in [0.4, 0.5) is 4.39 Å². The van der Waals surface area contributed by atoms with Gasteiger partial charge in [0.2, 0.25) is 0 Å². The fourth-order valence-electron chi connectivity index (χ4n) is 1.03. The van der Waals surface area contributed by atoms with E-state index in [1.165, 1.54) is 7.11 Å². The van der Waals surface area contributed by atoms with Crippen molar-refractivity contribution >= 4 is 12.6 Å². The minimum atomic E-state index is -1.94. The Kier molecular flexibility index (Phi) is 3.07. The minimum absolute atomic E-state index is 0.0528. The zero-order chi connectivity index (χ0) is 10.7. The van der Waals surface area contributed by atoms with Crippen LogP contribution in [0.3, 0.4) is 0 Å². The zero-order valence-electron chi connectivity index (χ0n) is 7.36. The monoisotopic (exact) mass is 195 g/mol. The highest BCUT2D eigenvalue weighted by Gasteiger charge is 2.19. The van der Waals surface area contributed by atoms with Crippen molar-refractivity contribution in [2.45, 2.75) is 0 Å². The molecule has 0 fully saturated rings. The molecule has 0 saturated heterocycles. The van der Waals surface area contributed by atoms with Crippen LogP contribution in [-0.2, 0) is 0 Å². The highest BCUT2D eigenvalue weighted by Crippen LogP contribution is 2.17. The normalized spacial score (nSPS) is 9.36. The van der Waals surface area contributed by atoms with Gasteiger partial charge >= 0.3 is 7.12 Å². The van der Waals surface area contributed by atoms with E-state index in [1.54, 1.807) is 6.07 Å². The first-order chi connectivity index (χ1) is 6.60. The van der Waals surface area contributed by atoms with Crippen molar-refractivity contribution in [1.82, 2.24) is 0 Å². The van der Waals surface area contributed by atoms with Crippen molar-refractivity contribution < 1.29 is 19.2 Å². The molecule has 4 nitrogen and oxygen atoms in total.